The zero-order chi connectivity index (χ0) is 19.2. The number of carbonyl (C=O) groups excluding carboxylic acids is 2. The molecule has 0 spiro atoms. The van der Waals surface area contributed by atoms with Gasteiger partial charge in [-0.15, -0.1) is 0 Å². The number of nitrogens with one attached hydrogen (secondary N) is 1. The van der Waals surface area contributed by atoms with E-state index in [1.807, 2.05) is 6.92 Å². The van der Waals surface area contributed by atoms with Crippen molar-refractivity contribution in [2.45, 2.75) is 64.5 Å². The second kappa shape index (κ2) is 6.63. The molecule has 2 aliphatic rings. The molecule has 5 heteroatoms. The number of rotatable bonds is 5. The van der Waals surface area contributed by atoms with Crippen molar-refractivity contribution in [3.8, 4) is 0 Å². The first-order valence-electron chi connectivity index (χ1n) is 9.66. The number of ketones is 1. The molecule has 2 aliphatic carbocycles. The predicted octanol–water partition coefficient (Wildman–Crippen LogP) is 3.71. The fourth-order valence-corrected chi connectivity index (χ4v) is 4.04. The van der Waals surface area contributed by atoms with Crippen LogP contribution in [-0.2, 0) is 24.2 Å². The maximum absolute atomic E-state index is 13.2. The van der Waals surface area contributed by atoms with E-state index in [-0.39, 0.29) is 29.5 Å². The van der Waals surface area contributed by atoms with Gasteiger partial charge in [-0.05, 0) is 62.8 Å². The molecule has 1 fully saturated rings. The Morgan fingerprint density at radius 1 is 1.22 bits per heavy atom. The summed E-state index contributed by atoms with van der Waals surface area (Å²) in [4.78, 5) is 25.2. The lowest BCUT2D eigenvalue weighted by Crippen LogP contribution is -2.35. The lowest BCUT2D eigenvalue weighted by atomic mass is 9.92. The van der Waals surface area contributed by atoms with Crippen molar-refractivity contribution in [1.29, 1.82) is 0 Å². The van der Waals surface area contributed by atoms with Gasteiger partial charge in [0, 0.05) is 35.5 Å². The number of amides is 1. The van der Waals surface area contributed by atoms with Gasteiger partial charge in [0.15, 0.2) is 5.78 Å². The Morgan fingerprint density at radius 3 is 2.59 bits per heavy atom. The fraction of sp³-hybridized carbons (Fsp3) is 0.455. The fourth-order valence-electron chi connectivity index (χ4n) is 4.04. The highest BCUT2D eigenvalue weighted by atomic mass is 19.1. The van der Waals surface area contributed by atoms with Crippen LogP contribution in [0.1, 0.15) is 65.5 Å². The lowest BCUT2D eigenvalue weighted by Gasteiger charge is -2.16. The van der Waals surface area contributed by atoms with Crippen molar-refractivity contribution in [2.75, 3.05) is 0 Å². The summed E-state index contributed by atoms with van der Waals surface area (Å²) < 4.78 is 15.4. The highest BCUT2D eigenvalue weighted by Gasteiger charge is 2.39. The van der Waals surface area contributed by atoms with Gasteiger partial charge in [0.1, 0.15) is 5.82 Å². The van der Waals surface area contributed by atoms with Crippen molar-refractivity contribution in [1.82, 2.24) is 9.88 Å². The molecule has 1 saturated carbocycles. The van der Waals surface area contributed by atoms with Gasteiger partial charge >= 0.3 is 0 Å². The van der Waals surface area contributed by atoms with E-state index in [2.05, 4.69) is 16.8 Å². The van der Waals surface area contributed by atoms with Gasteiger partial charge in [-0.2, -0.15) is 0 Å². The molecule has 0 radical (unpaired) electrons. The summed E-state index contributed by atoms with van der Waals surface area (Å²) in [5.41, 5.74) is 4.52. The molecule has 0 bridgehead atoms. The summed E-state index contributed by atoms with van der Waals surface area (Å²) in [6, 6.07) is 6.45. The molecular weight excluding hydrogens is 343 g/mol. The molecule has 142 valence electrons. The molecule has 0 atom stereocenters. The predicted molar refractivity (Wildman–Crippen MR) is 101 cm³/mol. The van der Waals surface area contributed by atoms with E-state index in [4.69, 9.17) is 0 Å². The first-order chi connectivity index (χ1) is 12.9. The van der Waals surface area contributed by atoms with Crippen molar-refractivity contribution in [3.63, 3.8) is 0 Å². The van der Waals surface area contributed by atoms with Gasteiger partial charge < -0.3 is 9.88 Å². The topological polar surface area (TPSA) is 51.1 Å². The van der Waals surface area contributed by atoms with E-state index in [0.717, 1.165) is 53.8 Å². The molecule has 1 amide bonds. The number of nitrogens with zero attached hydrogens (tertiary/aromatic N) is 1. The van der Waals surface area contributed by atoms with Crippen LogP contribution in [0.2, 0.25) is 0 Å². The van der Waals surface area contributed by atoms with Crippen LogP contribution in [0.25, 0.3) is 0 Å². The van der Waals surface area contributed by atoms with Crippen molar-refractivity contribution in [2.24, 2.45) is 0 Å². The zero-order valence-corrected chi connectivity index (χ0v) is 15.9. The maximum Gasteiger partial charge on any atom is 0.224 e. The first-order valence-corrected chi connectivity index (χ1v) is 9.66. The number of halogens is 1. The molecule has 2 aromatic rings. The van der Waals surface area contributed by atoms with E-state index >= 15 is 0 Å². The molecule has 1 aromatic heterocycles. The number of Topliss-reactive ketones (excluding diaryl/α,β-unsaturated/α-hetero) is 1. The summed E-state index contributed by atoms with van der Waals surface area (Å²) in [6.07, 6.45) is 4.48. The highest BCUT2D eigenvalue weighted by molar-refractivity contribution is 6.01. The molecule has 1 N–H and O–H groups in total. The van der Waals surface area contributed by atoms with Crippen molar-refractivity contribution in [3.05, 3.63) is 58.2 Å². The standard InChI is InChI=1S/C22H25FN2O2/c1-14-17(12-20(27)24-22(2)10-11-22)21-18(4-3-5-19(21)26)25(14)13-15-6-8-16(23)9-7-15/h6-9H,3-5,10-13H2,1-2H3,(H,24,27). The third-order valence-electron chi connectivity index (χ3n) is 5.89. The third-order valence-corrected chi connectivity index (χ3v) is 5.89. The van der Waals surface area contributed by atoms with Crippen LogP contribution in [0, 0.1) is 12.7 Å². The molecule has 0 aliphatic heterocycles. The molecule has 4 rings (SSSR count). The number of fused-ring (bicyclic) bond motifs is 1. The minimum Gasteiger partial charge on any atom is -0.351 e. The van der Waals surface area contributed by atoms with Gasteiger partial charge in [-0.25, -0.2) is 4.39 Å². The number of carbonyl (C=O) groups is 2. The maximum atomic E-state index is 13.2. The SMILES string of the molecule is Cc1c(CC(=O)NC2(C)CC2)c2c(n1Cc1ccc(F)cc1)CCCC2=O. The third kappa shape index (κ3) is 3.55. The van der Waals surface area contributed by atoms with E-state index < -0.39 is 0 Å². The highest BCUT2D eigenvalue weighted by Crippen LogP contribution is 2.35. The van der Waals surface area contributed by atoms with Crippen LogP contribution in [0.5, 0.6) is 0 Å². The van der Waals surface area contributed by atoms with E-state index in [0.29, 0.717) is 13.0 Å². The molecule has 0 unspecified atom stereocenters. The van der Waals surface area contributed by atoms with E-state index in [1.165, 1.54) is 12.1 Å². The smallest absolute Gasteiger partial charge is 0.224 e. The minimum absolute atomic E-state index is 0.0156. The largest absolute Gasteiger partial charge is 0.351 e. The van der Waals surface area contributed by atoms with E-state index in [9.17, 15) is 14.0 Å². The molecule has 1 heterocycles. The second-order valence-electron chi connectivity index (χ2n) is 8.16. The Hall–Kier alpha value is -2.43. The molecule has 27 heavy (non-hydrogen) atoms. The number of hydrogen-bond donors (Lipinski definition) is 1. The van der Waals surface area contributed by atoms with Crippen LogP contribution in [0.4, 0.5) is 4.39 Å². The van der Waals surface area contributed by atoms with Crippen LogP contribution in [0.3, 0.4) is 0 Å². The average Bonchev–Trinajstić information content (AvgIpc) is 3.29. The van der Waals surface area contributed by atoms with Gasteiger partial charge in [-0.3, -0.25) is 9.59 Å². The summed E-state index contributed by atoms with van der Waals surface area (Å²) in [7, 11) is 0. The Bertz CT molecular complexity index is 907. The molecular formula is C22H25FN2O2. The molecule has 4 nitrogen and oxygen atoms in total. The normalized spacial score (nSPS) is 17.5. The Labute approximate surface area is 158 Å². The number of hydrogen-bond acceptors (Lipinski definition) is 2. The molecule has 0 saturated heterocycles. The lowest BCUT2D eigenvalue weighted by molar-refractivity contribution is -0.121. The Kier molecular flexibility index (Phi) is 4.41. The van der Waals surface area contributed by atoms with Crippen LogP contribution in [-0.4, -0.2) is 21.8 Å². The molecule has 1 aromatic carbocycles. The number of aromatic nitrogens is 1. The Morgan fingerprint density at radius 2 is 1.93 bits per heavy atom. The second-order valence-corrected chi connectivity index (χ2v) is 8.16. The van der Waals surface area contributed by atoms with Gasteiger partial charge in [-0.1, -0.05) is 12.1 Å². The van der Waals surface area contributed by atoms with Crippen LogP contribution < -0.4 is 5.32 Å². The zero-order valence-electron chi connectivity index (χ0n) is 15.9. The first kappa shape index (κ1) is 18.0. The Balaban J connectivity index is 1.68. The summed E-state index contributed by atoms with van der Waals surface area (Å²) in [5.74, 6) is -0.137. The average molecular weight is 368 g/mol. The monoisotopic (exact) mass is 368 g/mol. The minimum atomic E-state index is -0.258. The van der Waals surface area contributed by atoms with E-state index in [1.54, 1.807) is 12.1 Å². The van der Waals surface area contributed by atoms with Crippen molar-refractivity contribution < 1.29 is 14.0 Å². The van der Waals surface area contributed by atoms with Crippen LogP contribution >= 0.6 is 0 Å². The van der Waals surface area contributed by atoms with Gasteiger partial charge in [0.05, 0.1) is 6.42 Å². The summed E-state index contributed by atoms with van der Waals surface area (Å²) in [5, 5.41) is 3.09. The summed E-state index contributed by atoms with van der Waals surface area (Å²) >= 11 is 0. The van der Waals surface area contributed by atoms with Crippen LogP contribution in [0.15, 0.2) is 24.3 Å². The van der Waals surface area contributed by atoms with Gasteiger partial charge in [0.25, 0.3) is 0 Å². The van der Waals surface area contributed by atoms with Crippen molar-refractivity contribution >= 4 is 11.7 Å². The summed E-state index contributed by atoms with van der Waals surface area (Å²) in [6.45, 7) is 4.62. The number of benzene rings is 1. The quantitative estimate of drug-likeness (QED) is 0.875. The van der Waals surface area contributed by atoms with Gasteiger partial charge in [0.2, 0.25) is 5.91 Å².